The Hall–Kier alpha value is -2.76. The minimum absolute atomic E-state index is 0.157. The van der Waals surface area contributed by atoms with Crippen molar-refractivity contribution >= 4 is 12.0 Å². The minimum atomic E-state index is -0.533. The number of hydrogen-bond acceptors (Lipinski definition) is 5. The number of benzene rings is 1. The standard InChI is InChI=1S/C13H10N2O4/c1-19-13-11(3-2-6-14-13)10-5-4-9(8-16)7-12(10)15(17)18/h2-8H,1H3. The van der Waals surface area contributed by atoms with Crippen LogP contribution in [0.25, 0.3) is 11.1 Å². The van der Waals surface area contributed by atoms with Gasteiger partial charge in [0.05, 0.1) is 23.2 Å². The molecule has 0 aliphatic carbocycles. The molecule has 0 unspecified atom stereocenters. The molecule has 0 fully saturated rings. The molecular weight excluding hydrogens is 248 g/mol. The van der Waals surface area contributed by atoms with Crippen LogP contribution in [0.15, 0.2) is 36.5 Å². The summed E-state index contributed by atoms with van der Waals surface area (Å²) in [5.74, 6) is 0.296. The van der Waals surface area contributed by atoms with E-state index in [0.717, 1.165) is 0 Å². The summed E-state index contributed by atoms with van der Waals surface area (Å²) in [6.07, 6.45) is 2.10. The quantitative estimate of drug-likeness (QED) is 0.478. The molecule has 0 bridgehead atoms. The van der Waals surface area contributed by atoms with Gasteiger partial charge in [-0.05, 0) is 18.2 Å². The summed E-state index contributed by atoms with van der Waals surface area (Å²) >= 11 is 0. The first-order valence-corrected chi connectivity index (χ1v) is 5.40. The highest BCUT2D eigenvalue weighted by Gasteiger charge is 2.19. The molecule has 1 aromatic carbocycles. The molecule has 1 heterocycles. The van der Waals surface area contributed by atoms with E-state index in [1.54, 1.807) is 12.1 Å². The van der Waals surface area contributed by atoms with Gasteiger partial charge in [0.1, 0.15) is 6.29 Å². The van der Waals surface area contributed by atoms with Crippen LogP contribution in [0.3, 0.4) is 0 Å². The van der Waals surface area contributed by atoms with Gasteiger partial charge in [0.15, 0.2) is 0 Å². The smallest absolute Gasteiger partial charge is 0.278 e. The van der Waals surface area contributed by atoms with Crippen molar-refractivity contribution < 1.29 is 14.5 Å². The summed E-state index contributed by atoms with van der Waals surface area (Å²) < 4.78 is 5.09. The van der Waals surface area contributed by atoms with Gasteiger partial charge in [-0.15, -0.1) is 0 Å². The molecule has 1 aromatic heterocycles. The number of carbonyl (C=O) groups is 1. The number of aldehydes is 1. The lowest BCUT2D eigenvalue weighted by Crippen LogP contribution is -1.96. The molecule has 96 valence electrons. The van der Waals surface area contributed by atoms with Gasteiger partial charge in [0.2, 0.25) is 5.88 Å². The number of nitro benzene ring substituents is 1. The number of pyridine rings is 1. The maximum absolute atomic E-state index is 11.1. The zero-order chi connectivity index (χ0) is 13.8. The molecule has 6 heteroatoms. The highest BCUT2D eigenvalue weighted by Crippen LogP contribution is 2.35. The SMILES string of the molecule is COc1ncccc1-c1ccc(C=O)cc1[N+](=O)[O-]. The molecule has 0 aliphatic rings. The lowest BCUT2D eigenvalue weighted by atomic mass is 10.0. The van der Waals surface area contributed by atoms with Gasteiger partial charge in [0, 0.05) is 17.8 Å². The molecule has 0 radical (unpaired) electrons. The van der Waals surface area contributed by atoms with Crippen LogP contribution in [0.1, 0.15) is 10.4 Å². The Morgan fingerprint density at radius 2 is 2.11 bits per heavy atom. The Morgan fingerprint density at radius 3 is 2.74 bits per heavy atom. The number of methoxy groups -OCH3 is 1. The van der Waals surface area contributed by atoms with E-state index in [2.05, 4.69) is 4.98 Å². The van der Waals surface area contributed by atoms with E-state index in [4.69, 9.17) is 4.74 Å². The molecule has 0 amide bonds. The van der Waals surface area contributed by atoms with Crippen LogP contribution >= 0.6 is 0 Å². The second-order valence-corrected chi connectivity index (χ2v) is 3.71. The summed E-state index contributed by atoms with van der Waals surface area (Å²) in [4.78, 5) is 25.3. The van der Waals surface area contributed by atoms with Gasteiger partial charge < -0.3 is 4.74 Å². The van der Waals surface area contributed by atoms with E-state index in [0.29, 0.717) is 23.3 Å². The average molecular weight is 258 g/mol. The van der Waals surface area contributed by atoms with E-state index < -0.39 is 4.92 Å². The fourth-order valence-electron chi connectivity index (χ4n) is 1.76. The predicted octanol–water partition coefficient (Wildman–Crippen LogP) is 2.48. The zero-order valence-electron chi connectivity index (χ0n) is 10.1. The van der Waals surface area contributed by atoms with Crippen molar-refractivity contribution in [2.24, 2.45) is 0 Å². The molecule has 0 aliphatic heterocycles. The van der Waals surface area contributed by atoms with Crippen molar-refractivity contribution in [2.75, 3.05) is 7.11 Å². The number of rotatable bonds is 4. The number of nitro groups is 1. The molecule has 0 spiro atoms. The topological polar surface area (TPSA) is 82.3 Å². The summed E-state index contributed by atoms with van der Waals surface area (Å²) in [6, 6.07) is 7.60. The maximum Gasteiger partial charge on any atom is 0.278 e. The van der Waals surface area contributed by atoms with E-state index in [1.807, 2.05) is 0 Å². The minimum Gasteiger partial charge on any atom is -0.481 e. The molecule has 0 atom stereocenters. The number of nitrogens with zero attached hydrogens (tertiary/aromatic N) is 2. The predicted molar refractivity (Wildman–Crippen MR) is 68.3 cm³/mol. The molecule has 0 saturated heterocycles. The summed E-state index contributed by atoms with van der Waals surface area (Å²) in [5, 5.41) is 11.1. The fourth-order valence-corrected chi connectivity index (χ4v) is 1.76. The van der Waals surface area contributed by atoms with Crippen molar-refractivity contribution in [1.29, 1.82) is 0 Å². The van der Waals surface area contributed by atoms with Gasteiger partial charge in [-0.1, -0.05) is 6.07 Å². The van der Waals surface area contributed by atoms with Crippen molar-refractivity contribution in [3.8, 4) is 17.0 Å². The highest BCUT2D eigenvalue weighted by atomic mass is 16.6. The number of carbonyl (C=O) groups excluding carboxylic acids is 1. The average Bonchev–Trinajstić information content (AvgIpc) is 2.46. The molecule has 2 aromatic rings. The molecule has 6 nitrogen and oxygen atoms in total. The van der Waals surface area contributed by atoms with Gasteiger partial charge in [-0.25, -0.2) is 4.98 Å². The van der Waals surface area contributed by atoms with Crippen LogP contribution in [0.4, 0.5) is 5.69 Å². The van der Waals surface area contributed by atoms with E-state index in [-0.39, 0.29) is 11.3 Å². The Morgan fingerprint density at radius 1 is 1.32 bits per heavy atom. The first-order chi connectivity index (χ1) is 9.17. The number of hydrogen-bond donors (Lipinski definition) is 0. The maximum atomic E-state index is 11.1. The van der Waals surface area contributed by atoms with Crippen LogP contribution in [0.2, 0.25) is 0 Å². The molecule has 0 N–H and O–H groups in total. The first-order valence-electron chi connectivity index (χ1n) is 5.40. The van der Waals surface area contributed by atoms with Crippen LogP contribution in [-0.4, -0.2) is 23.3 Å². The third-order valence-electron chi connectivity index (χ3n) is 2.61. The molecule has 2 rings (SSSR count). The monoisotopic (exact) mass is 258 g/mol. The first kappa shape index (κ1) is 12.7. The van der Waals surface area contributed by atoms with Crippen LogP contribution in [0.5, 0.6) is 5.88 Å². The van der Waals surface area contributed by atoms with E-state index >= 15 is 0 Å². The van der Waals surface area contributed by atoms with E-state index in [9.17, 15) is 14.9 Å². The van der Waals surface area contributed by atoms with Crippen molar-refractivity contribution in [1.82, 2.24) is 4.98 Å². The molecule has 19 heavy (non-hydrogen) atoms. The normalized spacial score (nSPS) is 9.95. The Bertz CT molecular complexity index is 640. The van der Waals surface area contributed by atoms with Crippen molar-refractivity contribution in [2.45, 2.75) is 0 Å². The van der Waals surface area contributed by atoms with E-state index in [1.165, 1.54) is 31.5 Å². The van der Waals surface area contributed by atoms with Crippen molar-refractivity contribution in [3.63, 3.8) is 0 Å². The third-order valence-corrected chi connectivity index (χ3v) is 2.61. The Kier molecular flexibility index (Phi) is 3.51. The zero-order valence-corrected chi connectivity index (χ0v) is 10.1. The fraction of sp³-hybridized carbons (Fsp3) is 0.0769. The van der Waals surface area contributed by atoms with Crippen LogP contribution < -0.4 is 4.74 Å². The van der Waals surface area contributed by atoms with Crippen molar-refractivity contribution in [3.05, 3.63) is 52.2 Å². The summed E-state index contributed by atoms with van der Waals surface area (Å²) in [5.41, 5.74) is 0.962. The summed E-state index contributed by atoms with van der Waals surface area (Å²) in [6.45, 7) is 0. The largest absolute Gasteiger partial charge is 0.481 e. The molecule has 0 saturated carbocycles. The Labute approximate surface area is 108 Å². The van der Waals surface area contributed by atoms with Gasteiger partial charge in [0.25, 0.3) is 5.69 Å². The Balaban J connectivity index is 2.67. The second kappa shape index (κ2) is 5.26. The molecular formula is C13H10N2O4. The van der Waals surface area contributed by atoms with Gasteiger partial charge in [-0.3, -0.25) is 14.9 Å². The number of ether oxygens (including phenoxy) is 1. The second-order valence-electron chi connectivity index (χ2n) is 3.71. The van der Waals surface area contributed by atoms with Crippen LogP contribution in [0, 0.1) is 10.1 Å². The third kappa shape index (κ3) is 2.42. The highest BCUT2D eigenvalue weighted by molar-refractivity contribution is 5.83. The van der Waals surface area contributed by atoms with Gasteiger partial charge >= 0.3 is 0 Å². The number of aromatic nitrogens is 1. The van der Waals surface area contributed by atoms with Crippen LogP contribution in [-0.2, 0) is 0 Å². The summed E-state index contributed by atoms with van der Waals surface area (Å²) in [7, 11) is 1.44. The lowest BCUT2D eigenvalue weighted by Gasteiger charge is -2.07. The lowest BCUT2D eigenvalue weighted by molar-refractivity contribution is -0.384. The van der Waals surface area contributed by atoms with Gasteiger partial charge in [-0.2, -0.15) is 0 Å².